The topological polar surface area (TPSA) is 58.2 Å². The Morgan fingerprint density at radius 1 is 1.10 bits per heavy atom. The van der Waals surface area contributed by atoms with Crippen molar-refractivity contribution < 1.29 is 12.8 Å². The molecule has 0 saturated heterocycles. The Morgan fingerprint density at radius 2 is 1.95 bits per heavy atom. The smallest absolute Gasteiger partial charge is 0.261 e. The second kappa shape index (κ2) is 5.46. The Hall–Kier alpha value is -1.92. The Kier molecular flexibility index (Phi) is 3.65. The van der Waals surface area contributed by atoms with E-state index in [1.165, 1.54) is 23.8 Å². The van der Waals surface area contributed by atoms with Crippen LogP contribution in [0.2, 0.25) is 0 Å². The van der Waals surface area contributed by atoms with Crippen LogP contribution >= 0.6 is 0 Å². The van der Waals surface area contributed by atoms with Crippen molar-refractivity contribution >= 4 is 15.7 Å². The second-order valence-corrected chi connectivity index (χ2v) is 6.66. The van der Waals surface area contributed by atoms with Crippen molar-refractivity contribution in [2.75, 3.05) is 11.3 Å². The van der Waals surface area contributed by atoms with Gasteiger partial charge in [0, 0.05) is 12.2 Å². The molecule has 2 N–H and O–H groups in total. The first-order valence-electron chi connectivity index (χ1n) is 6.65. The highest BCUT2D eigenvalue weighted by molar-refractivity contribution is 7.92. The third kappa shape index (κ3) is 3.06. The molecule has 0 aliphatic carbocycles. The fourth-order valence-electron chi connectivity index (χ4n) is 2.39. The molecule has 0 bridgehead atoms. The summed E-state index contributed by atoms with van der Waals surface area (Å²) in [6, 6.07) is 10.4. The summed E-state index contributed by atoms with van der Waals surface area (Å²) in [5, 5.41) is 3.24. The van der Waals surface area contributed by atoms with Crippen molar-refractivity contribution in [1.82, 2.24) is 5.32 Å². The summed E-state index contributed by atoms with van der Waals surface area (Å²) in [6.07, 6.45) is 0.937. The quantitative estimate of drug-likeness (QED) is 0.914. The Bertz CT molecular complexity index is 775. The molecule has 1 aliphatic rings. The first-order valence-corrected chi connectivity index (χ1v) is 8.14. The summed E-state index contributed by atoms with van der Waals surface area (Å²) >= 11 is 0. The third-order valence-corrected chi connectivity index (χ3v) is 4.83. The van der Waals surface area contributed by atoms with E-state index in [4.69, 9.17) is 0 Å². The number of fused-ring (bicyclic) bond motifs is 1. The van der Waals surface area contributed by atoms with Gasteiger partial charge in [-0.15, -0.1) is 0 Å². The van der Waals surface area contributed by atoms with E-state index in [-0.39, 0.29) is 4.90 Å². The van der Waals surface area contributed by atoms with Crippen LogP contribution in [0.5, 0.6) is 0 Å². The molecule has 3 rings (SSSR count). The van der Waals surface area contributed by atoms with E-state index < -0.39 is 15.8 Å². The van der Waals surface area contributed by atoms with Gasteiger partial charge in [-0.2, -0.15) is 0 Å². The Morgan fingerprint density at radius 3 is 2.76 bits per heavy atom. The standard InChI is InChI=1S/C15H15FN2O2S/c16-13-2-1-3-15(9-13)21(19,20)18-14-5-4-11-6-7-17-10-12(11)8-14/h1-5,8-9,17-18H,6-7,10H2. The number of halogens is 1. The maximum atomic E-state index is 13.2. The molecule has 1 heterocycles. The van der Waals surface area contributed by atoms with E-state index >= 15 is 0 Å². The number of hydrogen-bond donors (Lipinski definition) is 2. The number of sulfonamides is 1. The summed E-state index contributed by atoms with van der Waals surface area (Å²) in [6.45, 7) is 1.66. The van der Waals surface area contributed by atoms with Crippen molar-refractivity contribution in [3.05, 3.63) is 59.4 Å². The van der Waals surface area contributed by atoms with Crippen LogP contribution in [0.1, 0.15) is 11.1 Å². The Balaban J connectivity index is 1.89. The van der Waals surface area contributed by atoms with Crippen molar-refractivity contribution in [2.45, 2.75) is 17.9 Å². The van der Waals surface area contributed by atoms with Crippen molar-refractivity contribution in [1.29, 1.82) is 0 Å². The fraction of sp³-hybridized carbons (Fsp3) is 0.200. The van der Waals surface area contributed by atoms with Crippen LogP contribution in [0.3, 0.4) is 0 Å². The number of benzene rings is 2. The van der Waals surface area contributed by atoms with Gasteiger partial charge in [-0.1, -0.05) is 12.1 Å². The molecule has 21 heavy (non-hydrogen) atoms. The van der Waals surface area contributed by atoms with Gasteiger partial charge in [-0.05, 0) is 54.4 Å². The monoisotopic (exact) mass is 306 g/mol. The normalized spacial score (nSPS) is 14.5. The van der Waals surface area contributed by atoms with Gasteiger partial charge in [0.2, 0.25) is 0 Å². The van der Waals surface area contributed by atoms with E-state index in [1.807, 2.05) is 12.1 Å². The highest BCUT2D eigenvalue weighted by Gasteiger charge is 2.16. The van der Waals surface area contributed by atoms with Crippen LogP contribution in [0.4, 0.5) is 10.1 Å². The predicted octanol–water partition coefficient (Wildman–Crippen LogP) is 2.27. The number of anilines is 1. The summed E-state index contributed by atoms with van der Waals surface area (Å²) in [7, 11) is -3.77. The SMILES string of the molecule is O=S(=O)(Nc1ccc2c(c1)CNCC2)c1cccc(F)c1. The number of hydrogen-bond acceptors (Lipinski definition) is 3. The summed E-state index contributed by atoms with van der Waals surface area (Å²) in [5.74, 6) is -0.576. The maximum Gasteiger partial charge on any atom is 0.261 e. The van der Waals surface area contributed by atoms with Crippen LogP contribution in [0.15, 0.2) is 47.4 Å². The van der Waals surface area contributed by atoms with Crippen LogP contribution in [0, 0.1) is 5.82 Å². The van der Waals surface area contributed by atoms with Gasteiger partial charge < -0.3 is 5.32 Å². The second-order valence-electron chi connectivity index (χ2n) is 4.97. The van der Waals surface area contributed by atoms with Gasteiger partial charge in [0.15, 0.2) is 0 Å². The molecule has 2 aromatic rings. The van der Waals surface area contributed by atoms with Gasteiger partial charge in [0.1, 0.15) is 5.82 Å². The summed E-state index contributed by atoms with van der Waals surface area (Å²) in [4.78, 5) is -0.0849. The van der Waals surface area contributed by atoms with Crippen molar-refractivity contribution in [3.8, 4) is 0 Å². The molecule has 0 saturated carbocycles. The molecule has 110 valence electrons. The lowest BCUT2D eigenvalue weighted by Crippen LogP contribution is -2.23. The highest BCUT2D eigenvalue weighted by atomic mass is 32.2. The van der Waals surface area contributed by atoms with E-state index in [0.29, 0.717) is 5.69 Å². The van der Waals surface area contributed by atoms with Gasteiger partial charge in [0.25, 0.3) is 10.0 Å². The van der Waals surface area contributed by atoms with E-state index in [9.17, 15) is 12.8 Å². The molecule has 0 fully saturated rings. The lowest BCUT2D eigenvalue weighted by molar-refractivity contribution is 0.595. The molecule has 0 unspecified atom stereocenters. The first-order chi connectivity index (χ1) is 10.0. The molecule has 6 heteroatoms. The molecule has 0 radical (unpaired) electrons. The average Bonchev–Trinajstić information content (AvgIpc) is 2.47. The molecular weight excluding hydrogens is 291 g/mol. The van der Waals surface area contributed by atoms with Crippen LogP contribution in [-0.4, -0.2) is 15.0 Å². The van der Waals surface area contributed by atoms with Gasteiger partial charge in [-0.25, -0.2) is 12.8 Å². The average molecular weight is 306 g/mol. The molecule has 4 nitrogen and oxygen atoms in total. The Labute approximate surface area is 123 Å². The largest absolute Gasteiger partial charge is 0.312 e. The first kappa shape index (κ1) is 14.0. The zero-order valence-corrected chi connectivity index (χ0v) is 12.1. The molecule has 0 atom stereocenters. The van der Waals surface area contributed by atoms with E-state index in [0.717, 1.165) is 31.1 Å². The maximum absolute atomic E-state index is 13.2. The number of nitrogens with one attached hydrogen (secondary N) is 2. The molecule has 0 spiro atoms. The third-order valence-electron chi connectivity index (χ3n) is 3.45. The minimum absolute atomic E-state index is 0.0849. The molecular formula is C15H15FN2O2S. The van der Waals surface area contributed by atoms with Gasteiger partial charge in [0.05, 0.1) is 4.90 Å². The fourth-order valence-corrected chi connectivity index (χ4v) is 3.47. The van der Waals surface area contributed by atoms with Crippen LogP contribution in [-0.2, 0) is 23.0 Å². The van der Waals surface area contributed by atoms with Crippen LogP contribution < -0.4 is 10.0 Å². The lowest BCUT2D eigenvalue weighted by Gasteiger charge is -2.18. The molecule has 0 amide bonds. The van der Waals surface area contributed by atoms with Crippen molar-refractivity contribution in [2.24, 2.45) is 0 Å². The molecule has 2 aromatic carbocycles. The highest BCUT2D eigenvalue weighted by Crippen LogP contribution is 2.22. The lowest BCUT2D eigenvalue weighted by atomic mass is 10.0. The van der Waals surface area contributed by atoms with Gasteiger partial charge >= 0.3 is 0 Å². The summed E-state index contributed by atoms with van der Waals surface area (Å²) in [5.41, 5.74) is 2.80. The number of rotatable bonds is 3. The van der Waals surface area contributed by atoms with Crippen molar-refractivity contribution in [3.63, 3.8) is 0 Å². The van der Waals surface area contributed by atoms with E-state index in [1.54, 1.807) is 6.07 Å². The minimum Gasteiger partial charge on any atom is -0.312 e. The van der Waals surface area contributed by atoms with Gasteiger partial charge in [-0.3, -0.25) is 4.72 Å². The molecule has 0 aromatic heterocycles. The zero-order chi connectivity index (χ0) is 14.9. The predicted molar refractivity (Wildman–Crippen MR) is 79.1 cm³/mol. The van der Waals surface area contributed by atoms with E-state index in [2.05, 4.69) is 10.0 Å². The van der Waals surface area contributed by atoms with Crippen LogP contribution in [0.25, 0.3) is 0 Å². The zero-order valence-electron chi connectivity index (χ0n) is 11.3. The molecule has 1 aliphatic heterocycles. The summed E-state index contributed by atoms with van der Waals surface area (Å²) < 4.78 is 40.1. The minimum atomic E-state index is -3.77.